The van der Waals surface area contributed by atoms with E-state index in [2.05, 4.69) is 12.2 Å². The van der Waals surface area contributed by atoms with Gasteiger partial charge in [0.2, 0.25) is 0 Å². The molecule has 1 unspecified atom stereocenters. The minimum absolute atomic E-state index is 0.0873. The highest BCUT2D eigenvalue weighted by Gasteiger charge is 2.18. The van der Waals surface area contributed by atoms with Crippen LogP contribution in [0.3, 0.4) is 0 Å². The lowest BCUT2D eigenvalue weighted by Crippen LogP contribution is -2.24. The van der Waals surface area contributed by atoms with Gasteiger partial charge in [0.05, 0.1) is 0 Å². The first-order valence-corrected chi connectivity index (χ1v) is 7.15. The van der Waals surface area contributed by atoms with Crippen molar-refractivity contribution in [3.05, 3.63) is 58.8 Å². The SMILES string of the molecule is CCCNC(Cc1ccccc1F)c1cc(C)oc1C. The monoisotopic (exact) mass is 275 g/mol. The van der Waals surface area contributed by atoms with Gasteiger partial charge in [0.15, 0.2) is 0 Å². The molecule has 0 aliphatic rings. The molecule has 0 spiro atoms. The molecule has 1 atom stereocenters. The molecule has 1 heterocycles. The summed E-state index contributed by atoms with van der Waals surface area (Å²) in [5, 5.41) is 3.49. The van der Waals surface area contributed by atoms with Crippen LogP contribution in [0.4, 0.5) is 4.39 Å². The molecule has 2 nitrogen and oxygen atoms in total. The van der Waals surface area contributed by atoms with Crippen LogP contribution in [0.5, 0.6) is 0 Å². The van der Waals surface area contributed by atoms with E-state index in [-0.39, 0.29) is 11.9 Å². The van der Waals surface area contributed by atoms with Gasteiger partial charge in [0.1, 0.15) is 17.3 Å². The Kier molecular flexibility index (Phi) is 4.96. The van der Waals surface area contributed by atoms with Gasteiger partial charge in [-0.25, -0.2) is 4.39 Å². The Morgan fingerprint density at radius 3 is 2.60 bits per heavy atom. The summed E-state index contributed by atoms with van der Waals surface area (Å²) in [6.45, 7) is 6.93. The van der Waals surface area contributed by atoms with Crippen molar-refractivity contribution in [1.82, 2.24) is 5.32 Å². The van der Waals surface area contributed by atoms with Gasteiger partial charge in [-0.3, -0.25) is 0 Å². The number of nitrogens with one attached hydrogen (secondary N) is 1. The molecule has 0 aliphatic carbocycles. The minimum atomic E-state index is -0.145. The van der Waals surface area contributed by atoms with Gasteiger partial charge in [-0.2, -0.15) is 0 Å². The number of furan rings is 1. The van der Waals surface area contributed by atoms with E-state index >= 15 is 0 Å². The fourth-order valence-corrected chi connectivity index (χ4v) is 2.49. The Morgan fingerprint density at radius 2 is 2.00 bits per heavy atom. The summed E-state index contributed by atoms with van der Waals surface area (Å²) >= 11 is 0. The molecule has 0 aliphatic heterocycles. The lowest BCUT2D eigenvalue weighted by molar-refractivity contribution is 0.476. The maximum atomic E-state index is 13.8. The first kappa shape index (κ1) is 14.8. The van der Waals surface area contributed by atoms with E-state index in [0.717, 1.165) is 35.6 Å². The summed E-state index contributed by atoms with van der Waals surface area (Å²) in [6.07, 6.45) is 1.68. The zero-order valence-corrected chi connectivity index (χ0v) is 12.4. The first-order chi connectivity index (χ1) is 9.61. The summed E-state index contributed by atoms with van der Waals surface area (Å²) < 4.78 is 19.5. The fraction of sp³-hybridized carbons (Fsp3) is 0.412. The number of halogens is 1. The van der Waals surface area contributed by atoms with Gasteiger partial charge in [0, 0.05) is 11.6 Å². The highest BCUT2D eigenvalue weighted by atomic mass is 19.1. The third kappa shape index (κ3) is 3.48. The van der Waals surface area contributed by atoms with Crippen LogP contribution < -0.4 is 5.32 Å². The van der Waals surface area contributed by atoms with Crippen molar-refractivity contribution in [2.24, 2.45) is 0 Å². The smallest absolute Gasteiger partial charge is 0.126 e. The van der Waals surface area contributed by atoms with E-state index in [4.69, 9.17) is 4.42 Å². The maximum absolute atomic E-state index is 13.8. The standard InChI is InChI=1S/C17H22FNO/c1-4-9-19-17(15-10-12(2)20-13(15)3)11-14-7-5-6-8-16(14)18/h5-8,10,17,19H,4,9,11H2,1-3H3. The lowest BCUT2D eigenvalue weighted by Gasteiger charge is -2.18. The van der Waals surface area contributed by atoms with E-state index in [9.17, 15) is 4.39 Å². The van der Waals surface area contributed by atoms with E-state index in [1.54, 1.807) is 6.07 Å². The van der Waals surface area contributed by atoms with Crippen LogP contribution in [0.25, 0.3) is 0 Å². The largest absolute Gasteiger partial charge is 0.466 e. The van der Waals surface area contributed by atoms with Crippen LogP contribution in [0.15, 0.2) is 34.7 Å². The molecule has 1 N–H and O–H groups in total. The minimum Gasteiger partial charge on any atom is -0.466 e. The van der Waals surface area contributed by atoms with Crippen molar-refractivity contribution in [3.8, 4) is 0 Å². The Morgan fingerprint density at radius 1 is 1.25 bits per heavy atom. The quantitative estimate of drug-likeness (QED) is 0.849. The van der Waals surface area contributed by atoms with Gasteiger partial charge >= 0.3 is 0 Å². The summed E-state index contributed by atoms with van der Waals surface area (Å²) in [5.41, 5.74) is 1.86. The first-order valence-electron chi connectivity index (χ1n) is 7.15. The van der Waals surface area contributed by atoms with Crippen molar-refractivity contribution in [3.63, 3.8) is 0 Å². The summed E-state index contributed by atoms with van der Waals surface area (Å²) in [6, 6.07) is 9.09. The van der Waals surface area contributed by atoms with Crippen molar-refractivity contribution in [2.75, 3.05) is 6.54 Å². The van der Waals surface area contributed by atoms with E-state index in [1.807, 2.05) is 32.0 Å². The Bertz CT molecular complexity index is 562. The van der Waals surface area contributed by atoms with Crippen LogP contribution in [-0.2, 0) is 6.42 Å². The van der Waals surface area contributed by atoms with Crippen molar-refractivity contribution in [2.45, 2.75) is 39.7 Å². The topological polar surface area (TPSA) is 25.2 Å². The van der Waals surface area contributed by atoms with Crippen LogP contribution >= 0.6 is 0 Å². The molecule has 1 aromatic heterocycles. The zero-order valence-electron chi connectivity index (χ0n) is 12.4. The van der Waals surface area contributed by atoms with E-state index < -0.39 is 0 Å². The second kappa shape index (κ2) is 6.71. The van der Waals surface area contributed by atoms with Crippen molar-refractivity contribution >= 4 is 0 Å². The van der Waals surface area contributed by atoms with Gasteiger partial charge in [0.25, 0.3) is 0 Å². The number of benzene rings is 1. The summed E-state index contributed by atoms with van der Waals surface area (Å²) in [5.74, 6) is 1.66. The van der Waals surface area contributed by atoms with Crippen LogP contribution in [-0.4, -0.2) is 6.54 Å². The molecule has 0 saturated heterocycles. The summed E-state index contributed by atoms with van der Waals surface area (Å²) in [4.78, 5) is 0. The molecule has 3 heteroatoms. The van der Waals surface area contributed by atoms with Gasteiger partial charge in [-0.05, 0) is 50.9 Å². The predicted molar refractivity (Wildman–Crippen MR) is 79.3 cm³/mol. The van der Waals surface area contributed by atoms with E-state index in [1.165, 1.54) is 6.07 Å². The molecule has 0 fully saturated rings. The Hall–Kier alpha value is -1.61. The molecule has 0 amide bonds. The van der Waals surface area contributed by atoms with Gasteiger partial charge < -0.3 is 9.73 Å². The van der Waals surface area contributed by atoms with Crippen molar-refractivity contribution < 1.29 is 8.81 Å². The number of aryl methyl sites for hydroxylation is 2. The lowest BCUT2D eigenvalue weighted by atomic mass is 9.98. The molecule has 2 rings (SSSR count). The maximum Gasteiger partial charge on any atom is 0.126 e. The molecular formula is C17H22FNO. The van der Waals surface area contributed by atoms with Gasteiger partial charge in [-0.1, -0.05) is 25.1 Å². The van der Waals surface area contributed by atoms with Crippen LogP contribution in [0.1, 0.15) is 42.0 Å². The Balaban J connectivity index is 2.24. The molecular weight excluding hydrogens is 253 g/mol. The Labute approximate surface area is 120 Å². The second-order valence-electron chi connectivity index (χ2n) is 5.17. The molecule has 1 aromatic carbocycles. The molecule has 108 valence electrons. The molecule has 2 aromatic rings. The number of hydrogen-bond donors (Lipinski definition) is 1. The normalized spacial score (nSPS) is 12.6. The predicted octanol–water partition coefficient (Wildman–Crippen LogP) is 4.32. The zero-order chi connectivity index (χ0) is 14.5. The third-order valence-electron chi connectivity index (χ3n) is 3.48. The average Bonchev–Trinajstić information content (AvgIpc) is 2.75. The average molecular weight is 275 g/mol. The molecule has 0 bridgehead atoms. The van der Waals surface area contributed by atoms with Crippen molar-refractivity contribution in [1.29, 1.82) is 0 Å². The molecule has 20 heavy (non-hydrogen) atoms. The van der Waals surface area contributed by atoms with Crippen LogP contribution in [0, 0.1) is 19.7 Å². The highest BCUT2D eigenvalue weighted by molar-refractivity contribution is 5.27. The fourth-order valence-electron chi connectivity index (χ4n) is 2.49. The second-order valence-corrected chi connectivity index (χ2v) is 5.17. The third-order valence-corrected chi connectivity index (χ3v) is 3.48. The summed E-state index contributed by atoms with van der Waals surface area (Å²) in [7, 11) is 0. The number of hydrogen-bond acceptors (Lipinski definition) is 2. The van der Waals surface area contributed by atoms with Gasteiger partial charge in [-0.15, -0.1) is 0 Å². The van der Waals surface area contributed by atoms with Crippen LogP contribution in [0.2, 0.25) is 0 Å². The number of rotatable bonds is 6. The molecule has 0 radical (unpaired) electrons. The highest BCUT2D eigenvalue weighted by Crippen LogP contribution is 2.25. The van der Waals surface area contributed by atoms with E-state index in [0.29, 0.717) is 6.42 Å². The molecule has 0 saturated carbocycles.